The van der Waals surface area contributed by atoms with Gasteiger partial charge in [-0.25, -0.2) is 0 Å². The van der Waals surface area contributed by atoms with Gasteiger partial charge in [0.1, 0.15) is 0 Å². The van der Waals surface area contributed by atoms with Crippen LogP contribution in [0.25, 0.3) is 0 Å². The lowest BCUT2D eigenvalue weighted by molar-refractivity contribution is -0.147. The van der Waals surface area contributed by atoms with Crippen molar-refractivity contribution < 1.29 is 19.1 Å². The number of hydrogen-bond donors (Lipinski definition) is 2. The third-order valence-corrected chi connectivity index (χ3v) is 3.06. The van der Waals surface area contributed by atoms with E-state index in [9.17, 15) is 9.59 Å². The maximum atomic E-state index is 11.8. The Morgan fingerprint density at radius 1 is 1.33 bits per heavy atom. The lowest BCUT2D eigenvalue weighted by atomic mass is 10.2. The molecule has 0 bridgehead atoms. The van der Waals surface area contributed by atoms with Crippen LogP contribution in [0.5, 0.6) is 0 Å². The summed E-state index contributed by atoms with van der Waals surface area (Å²) < 4.78 is 10.4. The predicted molar refractivity (Wildman–Crippen MR) is 78.0 cm³/mol. The van der Waals surface area contributed by atoms with Gasteiger partial charge in [0.25, 0.3) is 5.91 Å². The highest BCUT2D eigenvalue weighted by atomic mass is 16.6. The second-order valence-electron chi connectivity index (χ2n) is 4.89. The average Bonchev–Trinajstić information content (AvgIpc) is 2.48. The van der Waals surface area contributed by atoms with E-state index in [0.29, 0.717) is 13.2 Å². The van der Waals surface area contributed by atoms with Gasteiger partial charge in [-0.3, -0.25) is 9.59 Å². The van der Waals surface area contributed by atoms with Gasteiger partial charge in [-0.15, -0.1) is 0 Å². The number of carbonyl (C=O) groups is 2. The zero-order chi connectivity index (χ0) is 15.1. The summed E-state index contributed by atoms with van der Waals surface area (Å²) >= 11 is 0. The smallest absolute Gasteiger partial charge is 0.251 e. The second-order valence-corrected chi connectivity index (χ2v) is 4.89. The monoisotopic (exact) mass is 292 g/mol. The van der Waals surface area contributed by atoms with Gasteiger partial charge in [-0.1, -0.05) is 12.1 Å². The Morgan fingerprint density at radius 3 is 2.90 bits per heavy atom. The van der Waals surface area contributed by atoms with Crippen molar-refractivity contribution >= 4 is 17.5 Å². The van der Waals surface area contributed by atoms with Crippen LogP contribution in [0.4, 0.5) is 5.69 Å². The maximum Gasteiger partial charge on any atom is 0.251 e. The molecule has 0 aliphatic carbocycles. The van der Waals surface area contributed by atoms with E-state index in [1.165, 1.54) is 0 Å². The first kappa shape index (κ1) is 15.5. The van der Waals surface area contributed by atoms with Gasteiger partial charge in [0.05, 0.1) is 19.8 Å². The minimum Gasteiger partial charge on any atom is -0.376 e. The summed E-state index contributed by atoms with van der Waals surface area (Å²) in [5, 5.41) is 5.47. The fourth-order valence-corrected chi connectivity index (χ4v) is 2.00. The second kappa shape index (κ2) is 7.75. The van der Waals surface area contributed by atoms with Crippen LogP contribution in [0, 0.1) is 6.92 Å². The number of aryl methyl sites for hydroxylation is 1. The van der Waals surface area contributed by atoms with Crippen LogP contribution in [-0.4, -0.2) is 44.3 Å². The molecule has 2 amide bonds. The molecule has 1 fully saturated rings. The van der Waals surface area contributed by atoms with Gasteiger partial charge in [-0.2, -0.15) is 0 Å². The largest absolute Gasteiger partial charge is 0.376 e. The summed E-state index contributed by atoms with van der Waals surface area (Å²) in [5.41, 5.74) is 1.84. The Balaban J connectivity index is 1.68. The number of rotatable bonds is 5. The maximum absolute atomic E-state index is 11.8. The molecule has 2 N–H and O–H groups in total. The lowest BCUT2D eigenvalue weighted by Gasteiger charge is -2.21. The first-order chi connectivity index (χ1) is 10.1. The van der Waals surface area contributed by atoms with Crippen LogP contribution < -0.4 is 10.6 Å². The minimum atomic E-state index is -0.571. The average molecular weight is 292 g/mol. The number of anilines is 1. The Morgan fingerprint density at radius 2 is 2.19 bits per heavy atom. The zero-order valence-electron chi connectivity index (χ0n) is 12.1. The van der Waals surface area contributed by atoms with Gasteiger partial charge in [0, 0.05) is 18.7 Å². The van der Waals surface area contributed by atoms with Gasteiger partial charge in [0.2, 0.25) is 5.91 Å². The molecular weight excluding hydrogens is 272 g/mol. The van der Waals surface area contributed by atoms with E-state index in [1.807, 2.05) is 31.2 Å². The van der Waals surface area contributed by atoms with Crippen LogP contribution in [0.2, 0.25) is 0 Å². The molecule has 21 heavy (non-hydrogen) atoms. The molecule has 0 radical (unpaired) electrons. The minimum absolute atomic E-state index is 0.137. The molecule has 1 saturated heterocycles. The molecule has 2 rings (SSSR count). The first-order valence-electron chi connectivity index (χ1n) is 6.99. The highest BCUT2D eigenvalue weighted by Gasteiger charge is 2.22. The van der Waals surface area contributed by atoms with Crippen molar-refractivity contribution in [3.05, 3.63) is 29.8 Å². The number of amides is 2. The molecule has 1 heterocycles. The number of nitrogens with one attached hydrogen (secondary N) is 2. The highest BCUT2D eigenvalue weighted by Crippen LogP contribution is 2.09. The SMILES string of the molecule is Cc1cccc(NC(=O)CCNC(=O)[C@@H]2COCCO2)c1. The molecule has 0 saturated carbocycles. The van der Waals surface area contributed by atoms with E-state index in [1.54, 1.807) is 0 Å². The topological polar surface area (TPSA) is 76.7 Å². The molecule has 114 valence electrons. The molecule has 6 heteroatoms. The van der Waals surface area contributed by atoms with E-state index >= 15 is 0 Å². The number of benzene rings is 1. The van der Waals surface area contributed by atoms with Crippen LogP contribution >= 0.6 is 0 Å². The molecular formula is C15H20N2O4. The highest BCUT2D eigenvalue weighted by molar-refractivity contribution is 5.91. The van der Waals surface area contributed by atoms with Crippen LogP contribution in [0.15, 0.2) is 24.3 Å². The van der Waals surface area contributed by atoms with Crippen LogP contribution in [-0.2, 0) is 19.1 Å². The molecule has 1 aliphatic heterocycles. The Hall–Kier alpha value is -1.92. The molecule has 0 spiro atoms. The summed E-state index contributed by atoms with van der Waals surface area (Å²) in [6, 6.07) is 7.57. The van der Waals surface area contributed by atoms with E-state index in [-0.39, 0.29) is 31.4 Å². The van der Waals surface area contributed by atoms with Crippen molar-refractivity contribution in [2.45, 2.75) is 19.4 Å². The summed E-state index contributed by atoms with van der Waals surface area (Å²) in [5.74, 6) is -0.375. The third kappa shape index (κ3) is 5.17. The third-order valence-electron chi connectivity index (χ3n) is 3.06. The summed E-state index contributed by atoms with van der Waals surface area (Å²) in [6.45, 7) is 3.44. The Kier molecular flexibility index (Phi) is 5.71. The summed E-state index contributed by atoms with van der Waals surface area (Å²) in [6.07, 6.45) is -0.355. The van der Waals surface area contributed by atoms with Crippen molar-refractivity contribution in [2.24, 2.45) is 0 Å². The first-order valence-corrected chi connectivity index (χ1v) is 6.99. The zero-order valence-corrected chi connectivity index (χ0v) is 12.1. The van der Waals surface area contributed by atoms with Gasteiger partial charge in [-0.05, 0) is 24.6 Å². The van der Waals surface area contributed by atoms with Crippen LogP contribution in [0.1, 0.15) is 12.0 Å². The normalized spacial score (nSPS) is 18.0. The number of hydrogen-bond acceptors (Lipinski definition) is 4. The Labute approximate surface area is 123 Å². The number of ether oxygens (including phenoxy) is 2. The van der Waals surface area contributed by atoms with E-state index in [0.717, 1.165) is 11.3 Å². The van der Waals surface area contributed by atoms with Gasteiger partial charge >= 0.3 is 0 Å². The molecule has 1 aromatic carbocycles. The summed E-state index contributed by atoms with van der Waals surface area (Å²) in [7, 11) is 0. The fraction of sp³-hybridized carbons (Fsp3) is 0.467. The van der Waals surface area contributed by atoms with Gasteiger partial charge in [0.15, 0.2) is 6.10 Å². The quantitative estimate of drug-likeness (QED) is 0.843. The van der Waals surface area contributed by atoms with E-state index in [2.05, 4.69) is 10.6 Å². The fourth-order valence-electron chi connectivity index (χ4n) is 2.00. The molecule has 0 aromatic heterocycles. The van der Waals surface area contributed by atoms with Crippen LogP contribution in [0.3, 0.4) is 0 Å². The molecule has 1 aromatic rings. The van der Waals surface area contributed by atoms with Gasteiger partial charge < -0.3 is 20.1 Å². The predicted octanol–water partition coefficient (Wildman–Crippen LogP) is 0.855. The van der Waals surface area contributed by atoms with Crippen molar-refractivity contribution in [1.29, 1.82) is 0 Å². The van der Waals surface area contributed by atoms with Crippen molar-refractivity contribution in [3.8, 4) is 0 Å². The van der Waals surface area contributed by atoms with E-state index in [4.69, 9.17) is 9.47 Å². The molecule has 1 aliphatic rings. The van der Waals surface area contributed by atoms with Crippen molar-refractivity contribution in [1.82, 2.24) is 5.32 Å². The Bertz CT molecular complexity index is 498. The molecule has 6 nitrogen and oxygen atoms in total. The number of carbonyl (C=O) groups excluding carboxylic acids is 2. The van der Waals surface area contributed by atoms with E-state index < -0.39 is 6.10 Å². The summed E-state index contributed by atoms with van der Waals surface area (Å²) in [4.78, 5) is 23.5. The lowest BCUT2D eigenvalue weighted by Crippen LogP contribution is -2.43. The standard InChI is InChI=1S/C15H20N2O4/c1-11-3-2-4-12(9-11)17-14(18)5-6-16-15(19)13-10-20-7-8-21-13/h2-4,9,13H,5-8,10H2,1H3,(H,16,19)(H,17,18)/t13-/m0/s1. The van der Waals surface area contributed by atoms with Crippen molar-refractivity contribution in [2.75, 3.05) is 31.7 Å². The van der Waals surface area contributed by atoms with Crippen molar-refractivity contribution in [3.63, 3.8) is 0 Å². The molecule has 0 unspecified atom stereocenters. The molecule has 1 atom stereocenters.